The standard InChI is InChI=1S/C14H18INO6/c1-7(18)16-11-13(20)12(19)10(6-17)22-14(11)21-9-4-2-8(15)3-5-9/h2-5,10-14,17,19-20H,6H2,1H3,(H,16,18)/t10-,11-,12+,13+,14-/m0/s1. The van der Waals surface area contributed by atoms with Crippen molar-refractivity contribution in [3.63, 3.8) is 0 Å². The molecule has 1 aromatic carbocycles. The minimum absolute atomic E-state index is 0.390. The zero-order chi connectivity index (χ0) is 16.3. The van der Waals surface area contributed by atoms with Gasteiger partial charge in [-0.1, -0.05) is 0 Å². The number of halogens is 1. The number of amides is 1. The smallest absolute Gasteiger partial charge is 0.223 e. The first-order valence-electron chi connectivity index (χ1n) is 6.74. The van der Waals surface area contributed by atoms with Gasteiger partial charge in [-0.05, 0) is 46.9 Å². The van der Waals surface area contributed by atoms with Crippen LogP contribution in [0.15, 0.2) is 24.3 Å². The van der Waals surface area contributed by atoms with E-state index in [1.54, 1.807) is 12.1 Å². The van der Waals surface area contributed by atoms with Gasteiger partial charge in [0.1, 0.15) is 30.1 Å². The minimum Gasteiger partial charge on any atom is -0.463 e. The lowest BCUT2D eigenvalue weighted by atomic mass is 9.97. The molecule has 0 aromatic heterocycles. The molecule has 7 nitrogen and oxygen atoms in total. The van der Waals surface area contributed by atoms with E-state index >= 15 is 0 Å². The summed E-state index contributed by atoms with van der Waals surface area (Å²) in [6.07, 6.45) is -4.66. The second-order valence-electron chi connectivity index (χ2n) is 5.00. The average molecular weight is 423 g/mol. The van der Waals surface area contributed by atoms with Gasteiger partial charge in [-0.2, -0.15) is 0 Å². The van der Waals surface area contributed by atoms with Crippen LogP contribution in [-0.2, 0) is 9.53 Å². The maximum Gasteiger partial charge on any atom is 0.223 e. The van der Waals surface area contributed by atoms with Gasteiger partial charge >= 0.3 is 0 Å². The molecule has 1 aliphatic rings. The minimum atomic E-state index is -1.32. The van der Waals surface area contributed by atoms with Gasteiger partial charge in [0.2, 0.25) is 12.2 Å². The summed E-state index contributed by atoms with van der Waals surface area (Å²) in [6, 6.07) is 6.17. The number of rotatable bonds is 4. The number of hydrogen-bond donors (Lipinski definition) is 4. The average Bonchev–Trinajstić information content (AvgIpc) is 2.48. The van der Waals surface area contributed by atoms with Crippen LogP contribution in [0.1, 0.15) is 6.92 Å². The lowest BCUT2D eigenvalue weighted by Crippen LogP contribution is -2.65. The molecule has 1 amide bonds. The molecule has 22 heavy (non-hydrogen) atoms. The van der Waals surface area contributed by atoms with Gasteiger partial charge in [0.25, 0.3) is 0 Å². The Kier molecular flexibility index (Phi) is 5.98. The first kappa shape index (κ1) is 17.4. The van der Waals surface area contributed by atoms with Crippen LogP contribution < -0.4 is 10.1 Å². The summed E-state index contributed by atoms with van der Waals surface area (Å²) in [7, 11) is 0. The van der Waals surface area contributed by atoms with E-state index < -0.39 is 43.2 Å². The summed E-state index contributed by atoms with van der Waals surface area (Å²) >= 11 is 2.15. The van der Waals surface area contributed by atoms with E-state index in [1.807, 2.05) is 12.1 Å². The summed E-state index contributed by atoms with van der Waals surface area (Å²) < 4.78 is 12.1. The highest BCUT2D eigenvalue weighted by atomic mass is 127. The summed E-state index contributed by atoms with van der Waals surface area (Å²) in [5.74, 6) is 0.0968. The van der Waals surface area contributed by atoms with Gasteiger partial charge < -0.3 is 30.1 Å². The SMILES string of the molecule is CC(=O)N[C@@H]1[C@@H](Oc2ccc(I)cc2)O[C@@H](CO)[C@@H](O)[C@@H]1O. The third-order valence-electron chi connectivity index (χ3n) is 3.32. The molecule has 0 saturated carbocycles. The van der Waals surface area contributed by atoms with E-state index in [1.165, 1.54) is 6.92 Å². The summed E-state index contributed by atoms with van der Waals surface area (Å²) in [5, 5.41) is 31.8. The molecule has 2 rings (SSSR count). The van der Waals surface area contributed by atoms with E-state index in [9.17, 15) is 20.1 Å². The number of benzene rings is 1. The molecular weight excluding hydrogens is 405 g/mol. The molecule has 0 spiro atoms. The van der Waals surface area contributed by atoms with E-state index in [0.29, 0.717) is 5.75 Å². The maximum absolute atomic E-state index is 11.3. The monoisotopic (exact) mass is 423 g/mol. The fourth-order valence-electron chi connectivity index (χ4n) is 2.22. The highest BCUT2D eigenvalue weighted by Crippen LogP contribution is 2.24. The zero-order valence-electron chi connectivity index (χ0n) is 11.8. The molecular formula is C14H18INO6. The molecule has 0 radical (unpaired) electrons. The number of ether oxygens (including phenoxy) is 2. The normalized spacial score (nSPS) is 31.6. The predicted octanol–water partition coefficient (Wildman–Crippen LogP) is -0.386. The second-order valence-corrected chi connectivity index (χ2v) is 6.25. The number of aliphatic hydroxyl groups is 3. The fourth-order valence-corrected chi connectivity index (χ4v) is 2.58. The molecule has 4 N–H and O–H groups in total. The topological polar surface area (TPSA) is 108 Å². The van der Waals surface area contributed by atoms with Crippen LogP contribution in [0.3, 0.4) is 0 Å². The molecule has 1 saturated heterocycles. The van der Waals surface area contributed by atoms with Crippen molar-refractivity contribution in [2.24, 2.45) is 0 Å². The van der Waals surface area contributed by atoms with Crippen LogP contribution in [0.4, 0.5) is 0 Å². The largest absolute Gasteiger partial charge is 0.463 e. The first-order valence-corrected chi connectivity index (χ1v) is 7.82. The van der Waals surface area contributed by atoms with Crippen molar-refractivity contribution in [3.05, 3.63) is 27.8 Å². The molecule has 1 aliphatic heterocycles. The number of nitrogens with one attached hydrogen (secondary N) is 1. The van der Waals surface area contributed by atoms with Crippen LogP contribution >= 0.6 is 22.6 Å². The Morgan fingerprint density at radius 1 is 1.32 bits per heavy atom. The lowest BCUT2D eigenvalue weighted by molar-refractivity contribution is -0.244. The van der Waals surface area contributed by atoms with Crippen LogP contribution in [0.25, 0.3) is 0 Å². The highest BCUT2D eigenvalue weighted by Gasteiger charge is 2.46. The molecule has 5 atom stereocenters. The van der Waals surface area contributed by atoms with E-state index in [-0.39, 0.29) is 0 Å². The Morgan fingerprint density at radius 2 is 1.95 bits per heavy atom. The van der Waals surface area contributed by atoms with Crippen molar-refractivity contribution in [3.8, 4) is 5.75 Å². The number of aliphatic hydroxyl groups excluding tert-OH is 3. The molecule has 122 valence electrons. The molecule has 0 bridgehead atoms. The Balaban J connectivity index is 2.18. The van der Waals surface area contributed by atoms with Crippen molar-refractivity contribution in [1.82, 2.24) is 5.32 Å². The van der Waals surface area contributed by atoms with Crippen LogP contribution in [0.2, 0.25) is 0 Å². The van der Waals surface area contributed by atoms with Gasteiger partial charge in [-0.25, -0.2) is 0 Å². The number of carbonyl (C=O) groups excluding carboxylic acids is 1. The second kappa shape index (κ2) is 7.55. The zero-order valence-corrected chi connectivity index (χ0v) is 14.0. The molecule has 8 heteroatoms. The van der Waals surface area contributed by atoms with Crippen LogP contribution in [0, 0.1) is 3.57 Å². The maximum atomic E-state index is 11.3. The fraction of sp³-hybridized carbons (Fsp3) is 0.500. The predicted molar refractivity (Wildman–Crippen MR) is 85.2 cm³/mol. The van der Waals surface area contributed by atoms with Gasteiger partial charge in [-0.3, -0.25) is 4.79 Å². The van der Waals surface area contributed by atoms with Crippen molar-refractivity contribution in [2.75, 3.05) is 6.61 Å². The summed E-state index contributed by atoms with van der Waals surface area (Å²) in [6.45, 7) is 0.816. The summed E-state index contributed by atoms with van der Waals surface area (Å²) in [5.41, 5.74) is 0. The van der Waals surface area contributed by atoms with Gasteiger partial charge in [-0.15, -0.1) is 0 Å². The van der Waals surface area contributed by atoms with Crippen molar-refractivity contribution >= 4 is 28.5 Å². The summed E-state index contributed by atoms with van der Waals surface area (Å²) in [4.78, 5) is 11.3. The molecule has 0 unspecified atom stereocenters. The Morgan fingerprint density at radius 3 is 2.50 bits per heavy atom. The van der Waals surface area contributed by atoms with Crippen molar-refractivity contribution in [1.29, 1.82) is 0 Å². The Bertz CT molecular complexity index is 511. The molecule has 0 aliphatic carbocycles. The van der Waals surface area contributed by atoms with Crippen LogP contribution in [0.5, 0.6) is 5.75 Å². The van der Waals surface area contributed by atoms with Gasteiger partial charge in [0.05, 0.1) is 6.61 Å². The van der Waals surface area contributed by atoms with Gasteiger partial charge in [0, 0.05) is 10.5 Å². The van der Waals surface area contributed by atoms with Crippen LogP contribution in [-0.4, -0.2) is 58.5 Å². The van der Waals surface area contributed by atoms with Gasteiger partial charge in [0.15, 0.2) is 0 Å². The molecule has 1 aromatic rings. The lowest BCUT2D eigenvalue weighted by Gasteiger charge is -2.42. The number of carbonyl (C=O) groups is 1. The van der Waals surface area contributed by atoms with E-state index in [0.717, 1.165) is 3.57 Å². The molecule has 1 heterocycles. The van der Waals surface area contributed by atoms with Crippen molar-refractivity contribution < 1.29 is 29.6 Å². The number of hydrogen-bond acceptors (Lipinski definition) is 6. The Labute approximate surface area is 141 Å². The third-order valence-corrected chi connectivity index (χ3v) is 4.04. The van der Waals surface area contributed by atoms with E-state index in [2.05, 4.69) is 27.9 Å². The molecule has 1 fully saturated rings. The van der Waals surface area contributed by atoms with Crippen molar-refractivity contribution in [2.45, 2.75) is 37.6 Å². The quantitative estimate of drug-likeness (QED) is 0.492. The third kappa shape index (κ3) is 4.07. The van der Waals surface area contributed by atoms with E-state index in [4.69, 9.17) is 9.47 Å². The first-order chi connectivity index (χ1) is 10.4. The Hall–Kier alpha value is -0.940. The highest BCUT2D eigenvalue weighted by molar-refractivity contribution is 14.1.